The molecule has 0 bridgehead atoms. The molecule has 1 aliphatic rings. The van der Waals surface area contributed by atoms with Gasteiger partial charge in [-0.15, -0.1) is 0 Å². The minimum atomic E-state index is -0.693. The zero-order valence-corrected chi connectivity index (χ0v) is 10.8. The predicted molar refractivity (Wildman–Crippen MR) is 69.8 cm³/mol. The highest BCUT2D eigenvalue weighted by atomic mass is 16.5. The first-order valence-corrected chi connectivity index (χ1v) is 6.09. The van der Waals surface area contributed by atoms with Crippen LogP contribution < -0.4 is 15.8 Å². The molecule has 1 fully saturated rings. The van der Waals surface area contributed by atoms with E-state index < -0.39 is 6.03 Å². The normalized spacial score (nSPS) is 14.7. The van der Waals surface area contributed by atoms with Gasteiger partial charge in [0, 0.05) is 0 Å². The molecule has 1 heterocycles. The van der Waals surface area contributed by atoms with Gasteiger partial charge < -0.3 is 20.7 Å². The van der Waals surface area contributed by atoms with Crippen molar-refractivity contribution in [1.82, 2.24) is 10.2 Å². The number of likely N-dealkylation sites (tertiary alicyclic amines) is 1. The molecular formula is C13H17N3O3. The Hall–Kier alpha value is -2.24. The average Bonchev–Trinajstić information content (AvgIpc) is 2.32. The molecule has 1 saturated heterocycles. The van der Waals surface area contributed by atoms with Crippen LogP contribution in [0.25, 0.3) is 0 Å². The minimum Gasteiger partial charge on any atom is -0.486 e. The summed E-state index contributed by atoms with van der Waals surface area (Å²) in [4.78, 5) is 23.7. The minimum absolute atomic E-state index is 0.0126. The monoisotopic (exact) mass is 263 g/mol. The number of rotatable bonds is 4. The molecule has 0 aliphatic carbocycles. The van der Waals surface area contributed by atoms with E-state index in [4.69, 9.17) is 10.5 Å². The van der Waals surface area contributed by atoms with Crippen LogP contribution in [0.4, 0.5) is 4.79 Å². The molecule has 0 saturated carbocycles. The summed E-state index contributed by atoms with van der Waals surface area (Å²) in [5.41, 5.74) is 5.97. The summed E-state index contributed by atoms with van der Waals surface area (Å²) in [6.45, 7) is 2.99. The van der Waals surface area contributed by atoms with E-state index in [1.807, 2.05) is 31.2 Å². The molecule has 6 nitrogen and oxygen atoms in total. The molecule has 0 unspecified atom stereocenters. The molecule has 1 aromatic carbocycles. The number of carbonyl (C=O) groups is 2. The Labute approximate surface area is 111 Å². The van der Waals surface area contributed by atoms with Gasteiger partial charge in [0.25, 0.3) is 0 Å². The summed E-state index contributed by atoms with van der Waals surface area (Å²) in [6, 6.07) is 7.07. The van der Waals surface area contributed by atoms with Gasteiger partial charge in [-0.2, -0.15) is 0 Å². The Bertz CT molecular complexity index is 484. The van der Waals surface area contributed by atoms with E-state index in [9.17, 15) is 9.59 Å². The van der Waals surface area contributed by atoms with E-state index in [0.717, 1.165) is 11.3 Å². The maximum absolute atomic E-state index is 11.6. The zero-order valence-electron chi connectivity index (χ0n) is 10.8. The molecule has 0 spiro atoms. The van der Waals surface area contributed by atoms with Gasteiger partial charge in [-0.05, 0) is 18.6 Å². The first-order chi connectivity index (χ1) is 9.06. The molecule has 2 rings (SSSR count). The van der Waals surface area contributed by atoms with E-state index in [0.29, 0.717) is 13.1 Å². The van der Waals surface area contributed by atoms with Crippen LogP contribution in [0.2, 0.25) is 0 Å². The van der Waals surface area contributed by atoms with E-state index in [2.05, 4.69) is 5.32 Å². The Kier molecular flexibility index (Phi) is 3.89. The molecule has 3 amide bonds. The van der Waals surface area contributed by atoms with Gasteiger partial charge in [-0.3, -0.25) is 4.79 Å². The van der Waals surface area contributed by atoms with E-state index in [1.54, 1.807) is 4.90 Å². The number of hydrogen-bond acceptors (Lipinski definition) is 3. The number of para-hydroxylation sites is 1. The van der Waals surface area contributed by atoms with Crippen LogP contribution >= 0.6 is 0 Å². The number of amides is 3. The maximum atomic E-state index is 11.6. The van der Waals surface area contributed by atoms with Crippen LogP contribution in [0.1, 0.15) is 5.56 Å². The van der Waals surface area contributed by atoms with Crippen molar-refractivity contribution in [2.45, 2.75) is 13.0 Å². The van der Waals surface area contributed by atoms with Crippen molar-refractivity contribution in [2.24, 2.45) is 5.73 Å². The molecule has 0 atom stereocenters. The van der Waals surface area contributed by atoms with Crippen LogP contribution in [0, 0.1) is 6.92 Å². The lowest BCUT2D eigenvalue weighted by molar-refractivity contribution is -0.138. The van der Waals surface area contributed by atoms with Crippen molar-refractivity contribution in [3.63, 3.8) is 0 Å². The summed E-state index contributed by atoms with van der Waals surface area (Å²) in [6.07, 6.45) is 0.0126. The fraction of sp³-hybridized carbons (Fsp3) is 0.385. The number of ether oxygens (including phenoxy) is 1. The number of hydrogen-bond donors (Lipinski definition) is 2. The number of benzene rings is 1. The lowest BCUT2D eigenvalue weighted by Crippen LogP contribution is -2.58. The lowest BCUT2D eigenvalue weighted by atomic mass is 10.1. The second kappa shape index (κ2) is 5.60. The molecule has 0 aromatic heterocycles. The van der Waals surface area contributed by atoms with Crippen LogP contribution in [-0.4, -0.2) is 42.6 Å². The van der Waals surface area contributed by atoms with Crippen LogP contribution in [0.5, 0.6) is 5.75 Å². The summed E-state index contributed by atoms with van der Waals surface area (Å²) in [5, 5.41) is 2.27. The highest BCUT2D eigenvalue weighted by molar-refractivity contribution is 5.83. The van der Waals surface area contributed by atoms with Gasteiger partial charge in [0.15, 0.2) is 0 Å². The molecule has 1 aromatic rings. The number of primary amides is 1. The Morgan fingerprint density at radius 1 is 1.42 bits per heavy atom. The Morgan fingerprint density at radius 2 is 2.11 bits per heavy atom. The summed E-state index contributed by atoms with van der Waals surface area (Å²) < 4.78 is 5.78. The Balaban J connectivity index is 1.76. The first kappa shape index (κ1) is 13.2. The maximum Gasteiger partial charge on any atom is 0.312 e. The van der Waals surface area contributed by atoms with Crippen molar-refractivity contribution >= 4 is 11.9 Å². The van der Waals surface area contributed by atoms with E-state index >= 15 is 0 Å². The molecule has 1 aliphatic heterocycles. The fourth-order valence-electron chi connectivity index (χ4n) is 1.86. The molecule has 102 valence electrons. The third-order valence-electron chi connectivity index (χ3n) is 3.00. The second-order valence-electron chi connectivity index (χ2n) is 4.52. The van der Waals surface area contributed by atoms with Gasteiger partial charge in [0.05, 0.1) is 19.6 Å². The number of urea groups is 1. The highest BCUT2D eigenvalue weighted by Gasteiger charge is 2.32. The molecule has 0 radical (unpaired) electrons. The Morgan fingerprint density at radius 3 is 2.74 bits per heavy atom. The summed E-state index contributed by atoms with van der Waals surface area (Å²) in [7, 11) is 0. The second-order valence-corrected chi connectivity index (χ2v) is 4.52. The quantitative estimate of drug-likeness (QED) is 0.816. The molecule has 6 heteroatoms. The zero-order chi connectivity index (χ0) is 13.8. The number of nitrogens with zero attached hydrogens (tertiary/aromatic N) is 1. The molecule has 3 N–H and O–H groups in total. The molecular weight excluding hydrogens is 246 g/mol. The average molecular weight is 263 g/mol. The van der Waals surface area contributed by atoms with E-state index in [-0.39, 0.29) is 18.6 Å². The van der Waals surface area contributed by atoms with Crippen molar-refractivity contribution in [2.75, 3.05) is 19.6 Å². The van der Waals surface area contributed by atoms with Crippen LogP contribution in [0.3, 0.4) is 0 Å². The number of nitrogens with two attached hydrogens (primary N) is 1. The van der Waals surface area contributed by atoms with Gasteiger partial charge in [0.1, 0.15) is 11.9 Å². The first-order valence-electron chi connectivity index (χ1n) is 6.09. The SMILES string of the molecule is Cc1ccccc1OC1CN(C(=O)CNC(N)=O)C1. The third kappa shape index (κ3) is 3.37. The van der Waals surface area contributed by atoms with Crippen LogP contribution in [-0.2, 0) is 4.79 Å². The smallest absolute Gasteiger partial charge is 0.312 e. The number of carbonyl (C=O) groups excluding carboxylic acids is 2. The van der Waals surface area contributed by atoms with Gasteiger partial charge in [-0.25, -0.2) is 4.79 Å². The van der Waals surface area contributed by atoms with Crippen LogP contribution in [0.15, 0.2) is 24.3 Å². The predicted octanol–water partition coefficient (Wildman–Crippen LogP) is 0.253. The van der Waals surface area contributed by atoms with Crippen molar-refractivity contribution < 1.29 is 14.3 Å². The van der Waals surface area contributed by atoms with Crippen molar-refractivity contribution in [1.29, 1.82) is 0 Å². The third-order valence-corrected chi connectivity index (χ3v) is 3.00. The summed E-state index contributed by atoms with van der Waals surface area (Å²) in [5.74, 6) is 0.693. The molecule has 19 heavy (non-hydrogen) atoms. The van der Waals surface area contributed by atoms with Crippen molar-refractivity contribution in [3.05, 3.63) is 29.8 Å². The largest absolute Gasteiger partial charge is 0.486 e. The number of nitrogens with one attached hydrogen (secondary N) is 1. The lowest BCUT2D eigenvalue weighted by Gasteiger charge is -2.39. The summed E-state index contributed by atoms with van der Waals surface area (Å²) >= 11 is 0. The van der Waals surface area contributed by atoms with E-state index in [1.165, 1.54) is 0 Å². The topological polar surface area (TPSA) is 84.7 Å². The van der Waals surface area contributed by atoms with Gasteiger partial charge in [-0.1, -0.05) is 18.2 Å². The van der Waals surface area contributed by atoms with Gasteiger partial charge in [0.2, 0.25) is 5.91 Å². The fourth-order valence-corrected chi connectivity index (χ4v) is 1.86. The van der Waals surface area contributed by atoms with Gasteiger partial charge >= 0.3 is 6.03 Å². The number of aryl methyl sites for hydroxylation is 1. The highest BCUT2D eigenvalue weighted by Crippen LogP contribution is 2.21. The van der Waals surface area contributed by atoms with Crippen molar-refractivity contribution in [3.8, 4) is 5.75 Å². The standard InChI is InChI=1S/C13H17N3O3/c1-9-4-2-3-5-11(9)19-10-7-16(8-10)12(17)6-15-13(14)18/h2-5,10H,6-8H2,1H3,(H3,14,15,18).